The SMILES string of the molecule is C=CCOc1c(Br)cc(/C=c2\sc3n(c2=O)[C@@H](c2ccc(-c4cc([N+](=O)[O-])ccc4Cl)o2)C(C(=O)OCC)=C(C)N=3)cc1Br. The van der Waals surface area contributed by atoms with Crippen LogP contribution in [0.5, 0.6) is 5.75 Å². The lowest BCUT2D eigenvalue weighted by Crippen LogP contribution is -2.39. The summed E-state index contributed by atoms with van der Waals surface area (Å²) >= 11 is 14.6. The molecular weight excluding hydrogens is 742 g/mol. The Morgan fingerprint density at radius 3 is 2.64 bits per heavy atom. The van der Waals surface area contributed by atoms with E-state index in [1.54, 1.807) is 38.1 Å². The van der Waals surface area contributed by atoms with E-state index in [4.69, 9.17) is 25.5 Å². The number of aromatic nitrogens is 1. The van der Waals surface area contributed by atoms with Crippen molar-refractivity contribution in [2.45, 2.75) is 19.9 Å². The van der Waals surface area contributed by atoms with E-state index < -0.39 is 22.5 Å². The van der Waals surface area contributed by atoms with Gasteiger partial charge in [-0.15, -0.1) is 0 Å². The molecule has 0 radical (unpaired) electrons. The third-order valence-electron chi connectivity index (χ3n) is 6.50. The van der Waals surface area contributed by atoms with Gasteiger partial charge in [-0.25, -0.2) is 9.79 Å². The van der Waals surface area contributed by atoms with Crippen molar-refractivity contribution < 1.29 is 23.6 Å². The van der Waals surface area contributed by atoms with Gasteiger partial charge in [0.1, 0.15) is 29.9 Å². The Morgan fingerprint density at radius 2 is 1.98 bits per heavy atom. The van der Waals surface area contributed by atoms with Crippen LogP contribution in [0, 0.1) is 10.1 Å². The molecule has 5 rings (SSSR count). The highest BCUT2D eigenvalue weighted by atomic mass is 79.9. The van der Waals surface area contributed by atoms with Crippen molar-refractivity contribution in [1.82, 2.24) is 4.57 Å². The number of carbonyl (C=O) groups excluding carboxylic acids is 1. The molecule has 0 fully saturated rings. The number of nitro groups is 1. The molecule has 14 heteroatoms. The molecule has 0 N–H and O–H groups in total. The number of furan rings is 1. The fourth-order valence-electron chi connectivity index (χ4n) is 4.62. The monoisotopic (exact) mass is 761 g/mol. The van der Waals surface area contributed by atoms with Gasteiger partial charge in [-0.05, 0) is 87.7 Å². The molecule has 1 aliphatic rings. The predicted octanol–water partition coefficient (Wildman–Crippen LogP) is 6.71. The van der Waals surface area contributed by atoms with Crippen LogP contribution in [0.3, 0.4) is 0 Å². The number of hydrogen-bond donors (Lipinski definition) is 0. The largest absolute Gasteiger partial charge is 0.487 e. The molecule has 0 aliphatic carbocycles. The molecular formula is C30H22Br2ClN3O7S. The second kappa shape index (κ2) is 13.1. The van der Waals surface area contributed by atoms with Crippen molar-refractivity contribution in [1.29, 1.82) is 0 Å². The van der Waals surface area contributed by atoms with E-state index in [0.717, 1.165) is 11.3 Å². The molecule has 226 valence electrons. The molecule has 0 amide bonds. The molecule has 44 heavy (non-hydrogen) atoms. The molecule has 1 aliphatic heterocycles. The van der Waals surface area contributed by atoms with Crippen molar-refractivity contribution in [3.8, 4) is 17.1 Å². The Labute approximate surface area is 276 Å². The van der Waals surface area contributed by atoms with Crippen molar-refractivity contribution in [2.24, 2.45) is 4.99 Å². The van der Waals surface area contributed by atoms with E-state index in [-0.39, 0.29) is 40.0 Å². The maximum atomic E-state index is 14.0. The lowest BCUT2D eigenvalue weighted by Gasteiger charge is -2.22. The van der Waals surface area contributed by atoms with Gasteiger partial charge in [0.2, 0.25) is 0 Å². The Morgan fingerprint density at radius 1 is 1.25 bits per heavy atom. The minimum Gasteiger partial charge on any atom is -0.487 e. The van der Waals surface area contributed by atoms with Gasteiger partial charge in [0, 0.05) is 17.7 Å². The zero-order valence-electron chi connectivity index (χ0n) is 23.1. The number of rotatable bonds is 9. The van der Waals surface area contributed by atoms with Crippen LogP contribution in [0.1, 0.15) is 31.2 Å². The molecule has 0 saturated carbocycles. The van der Waals surface area contributed by atoms with Crippen LogP contribution in [-0.4, -0.2) is 28.7 Å². The van der Waals surface area contributed by atoms with Crippen molar-refractivity contribution in [3.63, 3.8) is 0 Å². The number of ether oxygens (including phenoxy) is 2. The number of fused-ring (bicyclic) bond motifs is 1. The van der Waals surface area contributed by atoms with Crippen LogP contribution in [0.4, 0.5) is 5.69 Å². The highest BCUT2D eigenvalue weighted by Crippen LogP contribution is 2.38. The van der Waals surface area contributed by atoms with Crippen LogP contribution < -0.4 is 19.6 Å². The van der Waals surface area contributed by atoms with Gasteiger partial charge in [0.05, 0.1) is 41.3 Å². The van der Waals surface area contributed by atoms with E-state index >= 15 is 0 Å². The van der Waals surface area contributed by atoms with E-state index in [1.807, 2.05) is 12.1 Å². The highest BCUT2D eigenvalue weighted by Gasteiger charge is 2.35. The number of carbonyl (C=O) groups is 1. The summed E-state index contributed by atoms with van der Waals surface area (Å²) in [6, 6.07) is 9.78. The third-order valence-corrected chi connectivity index (χ3v) is 8.99. The Kier molecular flexibility index (Phi) is 9.39. The number of thiazole rings is 1. The number of halogens is 3. The topological polar surface area (TPSA) is 126 Å². The third kappa shape index (κ3) is 6.09. The van der Waals surface area contributed by atoms with E-state index in [9.17, 15) is 19.7 Å². The first-order valence-electron chi connectivity index (χ1n) is 13.0. The van der Waals surface area contributed by atoms with Gasteiger partial charge >= 0.3 is 5.97 Å². The summed E-state index contributed by atoms with van der Waals surface area (Å²) in [5.41, 5.74) is 0.913. The first-order valence-corrected chi connectivity index (χ1v) is 15.8. The molecule has 0 spiro atoms. The van der Waals surface area contributed by atoms with Crippen molar-refractivity contribution >= 4 is 72.5 Å². The quantitative estimate of drug-likeness (QED) is 0.0803. The first-order chi connectivity index (χ1) is 21.0. The summed E-state index contributed by atoms with van der Waals surface area (Å²) in [6.07, 6.45) is 3.35. The van der Waals surface area contributed by atoms with Gasteiger partial charge in [-0.2, -0.15) is 0 Å². The standard InChI is InChI=1S/C30H22Br2ClN3O7S/c1-4-10-42-27-19(31)11-16(12-20(27)32)13-24-28(37)35-26(25(29(38)41-5-2)15(3)34-30(35)44-24)23-9-8-22(43-23)18-14-17(36(39)40)6-7-21(18)33/h4,6-9,11-14,26H,1,5,10H2,2-3H3/b24-13-/t26-/m0/s1. The highest BCUT2D eigenvalue weighted by molar-refractivity contribution is 9.11. The maximum Gasteiger partial charge on any atom is 0.338 e. The smallest absolute Gasteiger partial charge is 0.338 e. The van der Waals surface area contributed by atoms with Gasteiger partial charge in [-0.3, -0.25) is 19.5 Å². The number of non-ortho nitro benzene ring substituents is 1. The fourth-order valence-corrected chi connectivity index (χ4v) is 7.32. The van der Waals surface area contributed by atoms with Crippen LogP contribution in [0.25, 0.3) is 17.4 Å². The Hall–Kier alpha value is -3.78. The lowest BCUT2D eigenvalue weighted by atomic mass is 10.0. The predicted molar refractivity (Wildman–Crippen MR) is 174 cm³/mol. The van der Waals surface area contributed by atoms with Crippen LogP contribution in [0.15, 0.2) is 89.5 Å². The zero-order chi connectivity index (χ0) is 31.7. The van der Waals surface area contributed by atoms with Crippen molar-refractivity contribution in [2.75, 3.05) is 13.2 Å². The number of allylic oxidation sites excluding steroid dienone is 1. The summed E-state index contributed by atoms with van der Waals surface area (Å²) in [5, 5.41) is 11.6. The number of nitro benzene ring substituents is 1. The first kappa shape index (κ1) is 31.6. The van der Waals surface area contributed by atoms with E-state index in [1.165, 1.54) is 22.8 Å². The fraction of sp³-hybridized carbons (Fsp3) is 0.167. The molecule has 0 unspecified atom stereocenters. The minimum atomic E-state index is -1.02. The van der Waals surface area contributed by atoms with E-state index in [2.05, 4.69) is 43.4 Å². The zero-order valence-corrected chi connectivity index (χ0v) is 27.9. The lowest BCUT2D eigenvalue weighted by molar-refractivity contribution is -0.384. The average Bonchev–Trinajstić information content (AvgIpc) is 3.57. The summed E-state index contributed by atoms with van der Waals surface area (Å²) in [5.74, 6) is 0.391. The van der Waals surface area contributed by atoms with Gasteiger partial charge in [-0.1, -0.05) is 35.6 Å². The second-order valence-electron chi connectivity index (χ2n) is 9.34. The van der Waals surface area contributed by atoms with Crippen LogP contribution in [-0.2, 0) is 9.53 Å². The molecule has 2 aromatic heterocycles. The summed E-state index contributed by atoms with van der Waals surface area (Å²) in [6.45, 7) is 7.43. The Bertz CT molecular complexity index is 2020. The molecule has 2 aromatic carbocycles. The van der Waals surface area contributed by atoms with E-state index in [0.29, 0.717) is 41.9 Å². The average molecular weight is 764 g/mol. The summed E-state index contributed by atoms with van der Waals surface area (Å²) < 4.78 is 20.3. The van der Waals surface area contributed by atoms with Crippen LogP contribution in [0.2, 0.25) is 5.02 Å². The molecule has 4 aromatic rings. The maximum absolute atomic E-state index is 14.0. The van der Waals surface area contributed by atoms with Crippen LogP contribution >= 0.6 is 54.8 Å². The van der Waals surface area contributed by atoms with Gasteiger partial charge < -0.3 is 13.9 Å². The van der Waals surface area contributed by atoms with Crippen molar-refractivity contribution in [3.05, 3.63) is 121 Å². The molecule has 1 atom stereocenters. The number of hydrogen-bond acceptors (Lipinski definition) is 9. The second-order valence-corrected chi connectivity index (χ2v) is 12.5. The molecule has 10 nitrogen and oxygen atoms in total. The van der Waals surface area contributed by atoms with Gasteiger partial charge in [0.15, 0.2) is 4.80 Å². The number of benzene rings is 2. The molecule has 3 heterocycles. The molecule has 0 saturated heterocycles. The molecule has 0 bridgehead atoms. The normalized spacial score (nSPS) is 14.7. The summed E-state index contributed by atoms with van der Waals surface area (Å²) in [7, 11) is 0. The summed E-state index contributed by atoms with van der Waals surface area (Å²) in [4.78, 5) is 43.0. The Balaban J connectivity index is 1.66. The number of esters is 1. The van der Waals surface area contributed by atoms with Gasteiger partial charge in [0.25, 0.3) is 11.2 Å². The minimum absolute atomic E-state index is 0.107. The number of nitrogens with zero attached hydrogens (tertiary/aromatic N) is 3.